The van der Waals surface area contributed by atoms with E-state index >= 15 is 0 Å². The van der Waals surface area contributed by atoms with Gasteiger partial charge in [-0.05, 0) is 31.5 Å². The Kier molecular flexibility index (Phi) is 3.54. The summed E-state index contributed by atoms with van der Waals surface area (Å²) in [7, 11) is 0. The molecule has 1 unspecified atom stereocenters. The predicted molar refractivity (Wildman–Crippen MR) is 73.6 cm³/mol. The second-order valence-corrected chi connectivity index (χ2v) is 5.05. The highest BCUT2D eigenvalue weighted by Gasteiger charge is 2.22. The van der Waals surface area contributed by atoms with Gasteiger partial charge in [-0.3, -0.25) is 0 Å². The van der Waals surface area contributed by atoms with E-state index in [0.29, 0.717) is 11.6 Å². The monoisotopic (exact) mass is 293 g/mol. The van der Waals surface area contributed by atoms with Crippen molar-refractivity contribution < 1.29 is 9.13 Å². The molecule has 20 heavy (non-hydrogen) atoms. The zero-order valence-corrected chi connectivity index (χ0v) is 11.6. The zero-order valence-electron chi connectivity index (χ0n) is 10.9. The van der Waals surface area contributed by atoms with Gasteiger partial charge in [0.1, 0.15) is 17.9 Å². The van der Waals surface area contributed by atoms with Crippen LogP contribution in [0.3, 0.4) is 0 Å². The van der Waals surface area contributed by atoms with Crippen LogP contribution < -0.4 is 10.1 Å². The molecule has 0 radical (unpaired) electrons. The molecule has 1 aliphatic heterocycles. The predicted octanol–water partition coefficient (Wildman–Crippen LogP) is 3.27. The van der Waals surface area contributed by atoms with Crippen LogP contribution in [0.1, 0.15) is 24.2 Å². The van der Waals surface area contributed by atoms with Crippen molar-refractivity contribution in [1.82, 2.24) is 15.3 Å². The molecule has 0 aliphatic carbocycles. The third-order valence-electron chi connectivity index (χ3n) is 3.28. The molecule has 1 atom stereocenters. The van der Waals surface area contributed by atoms with Gasteiger partial charge < -0.3 is 10.1 Å². The number of fused-ring (bicyclic) bond motifs is 1. The topological polar surface area (TPSA) is 47.0 Å². The van der Waals surface area contributed by atoms with Gasteiger partial charge in [0.15, 0.2) is 0 Å². The van der Waals surface area contributed by atoms with Gasteiger partial charge in [-0.15, -0.1) is 0 Å². The van der Waals surface area contributed by atoms with Crippen molar-refractivity contribution in [2.45, 2.75) is 19.4 Å². The standard InChI is InChI=1S/C14H13ClFN3O/c1-8-13-10(4-5-17-8)14(19-7-18-13)20-12-3-2-9(16)6-11(12)15/h2-3,6-8,17H,4-5H2,1H3. The summed E-state index contributed by atoms with van der Waals surface area (Å²) in [6, 6.07) is 4.18. The molecule has 0 bridgehead atoms. The molecule has 0 amide bonds. The molecule has 2 heterocycles. The summed E-state index contributed by atoms with van der Waals surface area (Å²) >= 11 is 5.97. The number of benzene rings is 1. The van der Waals surface area contributed by atoms with Gasteiger partial charge in [0, 0.05) is 18.2 Å². The van der Waals surface area contributed by atoms with Crippen LogP contribution in [0.4, 0.5) is 4.39 Å². The van der Waals surface area contributed by atoms with E-state index in [9.17, 15) is 4.39 Å². The van der Waals surface area contributed by atoms with Gasteiger partial charge in [0.05, 0.1) is 10.7 Å². The number of halogens is 2. The molecule has 1 N–H and O–H groups in total. The number of aromatic nitrogens is 2. The van der Waals surface area contributed by atoms with Gasteiger partial charge in [0.2, 0.25) is 5.88 Å². The minimum Gasteiger partial charge on any atom is -0.437 e. The Morgan fingerprint density at radius 2 is 2.25 bits per heavy atom. The Balaban J connectivity index is 1.97. The average Bonchev–Trinajstić information content (AvgIpc) is 2.43. The Morgan fingerprint density at radius 3 is 3.05 bits per heavy atom. The lowest BCUT2D eigenvalue weighted by Gasteiger charge is -2.23. The van der Waals surface area contributed by atoms with Crippen molar-refractivity contribution in [2.75, 3.05) is 6.54 Å². The van der Waals surface area contributed by atoms with Gasteiger partial charge in [-0.1, -0.05) is 11.6 Å². The summed E-state index contributed by atoms with van der Waals surface area (Å²) in [5.41, 5.74) is 1.90. The highest BCUT2D eigenvalue weighted by Crippen LogP contribution is 2.33. The molecule has 4 nitrogen and oxygen atoms in total. The van der Waals surface area contributed by atoms with Crippen LogP contribution in [0.5, 0.6) is 11.6 Å². The Labute approximate surface area is 121 Å². The van der Waals surface area contributed by atoms with Crippen LogP contribution >= 0.6 is 11.6 Å². The van der Waals surface area contributed by atoms with E-state index in [2.05, 4.69) is 15.3 Å². The minimum absolute atomic E-state index is 0.160. The van der Waals surface area contributed by atoms with Crippen LogP contribution in [0.25, 0.3) is 0 Å². The van der Waals surface area contributed by atoms with Gasteiger partial charge in [0.25, 0.3) is 0 Å². The largest absolute Gasteiger partial charge is 0.437 e. The number of nitrogens with one attached hydrogen (secondary N) is 1. The molecule has 6 heteroatoms. The Morgan fingerprint density at radius 1 is 1.40 bits per heavy atom. The third kappa shape index (κ3) is 2.46. The van der Waals surface area contributed by atoms with Crippen molar-refractivity contribution >= 4 is 11.6 Å². The molecular weight excluding hydrogens is 281 g/mol. The first kappa shape index (κ1) is 13.3. The summed E-state index contributed by atoms with van der Waals surface area (Å²) in [6.45, 7) is 2.88. The molecule has 1 aromatic heterocycles. The number of nitrogens with zero attached hydrogens (tertiary/aromatic N) is 2. The summed E-state index contributed by atoms with van der Waals surface area (Å²) in [6.07, 6.45) is 2.25. The fourth-order valence-electron chi connectivity index (χ4n) is 2.28. The molecule has 104 valence electrons. The molecule has 0 saturated heterocycles. The molecule has 3 rings (SSSR count). The molecule has 1 aliphatic rings. The smallest absolute Gasteiger partial charge is 0.225 e. The number of hydrogen-bond donors (Lipinski definition) is 1. The first-order chi connectivity index (χ1) is 9.65. The third-order valence-corrected chi connectivity index (χ3v) is 3.57. The van der Waals surface area contributed by atoms with Gasteiger partial charge >= 0.3 is 0 Å². The van der Waals surface area contributed by atoms with Crippen LogP contribution in [-0.4, -0.2) is 16.5 Å². The molecular formula is C14H13ClFN3O. The lowest BCUT2D eigenvalue weighted by Crippen LogP contribution is -2.29. The van der Waals surface area contributed by atoms with E-state index < -0.39 is 5.82 Å². The summed E-state index contributed by atoms with van der Waals surface area (Å²) < 4.78 is 18.8. The van der Waals surface area contributed by atoms with Crippen LogP contribution in [-0.2, 0) is 6.42 Å². The maximum Gasteiger partial charge on any atom is 0.225 e. The average molecular weight is 294 g/mol. The normalized spacial score (nSPS) is 17.6. The molecule has 2 aromatic rings. The number of ether oxygens (including phenoxy) is 1. The minimum atomic E-state index is -0.398. The van der Waals surface area contributed by atoms with E-state index in [4.69, 9.17) is 16.3 Å². The molecule has 0 saturated carbocycles. The van der Waals surface area contributed by atoms with Crippen LogP contribution in [0.15, 0.2) is 24.5 Å². The fraction of sp³-hybridized carbons (Fsp3) is 0.286. The van der Waals surface area contributed by atoms with E-state index in [1.165, 1.54) is 24.5 Å². The summed E-state index contributed by atoms with van der Waals surface area (Å²) in [5, 5.41) is 3.55. The number of rotatable bonds is 2. The lowest BCUT2D eigenvalue weighted by atomic mass is 10.0. The van der Waals surface area contributed by atoms with Crippen molar-refractivity contribution in [2.24, 2.45) is 0 Å². The molecule has 0 spiro atoms. The quantitative estimate of drug-likeness (QED) is 0.923. The van der Waals surface area contributed by atoms with Crippen molar-refractivity contribution in [1.29, 1.82) is 0 Å². The molecule has 0 fully saturated rings. The maximum atomic E-state index is 13.0. The van der Waals surface area contributed by atoms with E-state index in [1.54, 1.807) is 0 Å². The highest BCUT2D eigenvalue weighted by molar-refractivity contribution is 6.32. The first-order valence-corrected chi connectivity index (χ1v) is 6.73. The van der Waals surface area contributed by atoms with Crippen molar-refractivity contribution in [3.8, 4) is 11.6 Å². The van der Waals surface area contributed by atoms with Gasteiger partial charge in [-0.2, -0.15) is 0 Å². The van der Waals surface area contributed by atoms with E-state index in [1.807, 2.05) is 6.92 Å². The van der Waals surface area contributed by atoms with Crippen molar-refractivity contribution in [3.05, 3.63) is 46.6 Å². The van der Waals surface area contributed by atoms with Crippen LogP contribution in [0, 0.1) is 5.82 Å². The Bertz CT molecular complexity index is 650. The molecule has 1 aromatic carbocycles. The first-order valence-electron chi connectivity index (χ1n) is 6.35. The summed E-state index contributed by atoms with van der Waals surface area (Å²) in [4.78, 5) is 8.46. The SMILES string of the molecule is CC1NCCc2c(Oc3ccc(F)cc3Cl)ncnc21. The maximum absolute atomic E-state index is 13.0. The van der Waals surface area contributed by atoms with E-state index in [-0.39, 0.29) is 11.1 Å². The van der Waals surface area contributed by atoms with Crippen LogP contribution in [0.2, 0.25) is 5.02 Å². The second kappa shape index (κ2) is 5.34. The Hall–Kier alpha value is -1.72. The zero-order chi connectivity index (χ0) is 14.1. The van der Waals surface area contributed by atoms with E-state index in [0.717, 1.165) is 24.2 Å². The summed E-state index contributed by atoms with van der Waals surface area (Å²) in [5.74, 6) is 0.474. The van der Waals surface area contributed by atoms with Gasteiger partial charge in [-0.25, -0.2) is 14.4 Å². The fourth-order valence-corrected chi connectivity index (χ4v) is 2.48. The lowest BCUT2D eigenvalue weighted by molar-refractivity contribution is 0.435. The van der Waals surface area contributed by atoms with Crippen molar-refractivity contribution in [3.63, 3.8) is 0 Å². The number of hydrogen-bond acceptors (Lipinski definition) is 4. The second-order valence-electron chi connectivity index (χ2n) is 4.65. The highest BCUT2D eigenvalue weighted by atomic mass is 35.5.